The van der Waals surface area contributed by atoms with Crippen molar-refractivity contribution in [2.75, 3.05) is 5.32 Å². The second kappa shape index (κ2) is 6.40. The van der Waals surface area contributed by atoms with Crippen LogP contribution in [0.5, 0.6) is 5.75 Å². The van der Waals surface area contributed by atoms with E-state index in [1.807, 2.05) is 31.2 Å². The number of nitrogens with one attached hydrogen (secondary N) is 1. The molecule has 1 fully saturated rings. The van der Waals surface area contributed by atoms with Gasteiger partial charge < -0.3 is 14.6 Å². The highest BCUT2D eigenvalue weighted by molar-refractivity contribution is 5.95. The predicted octanol–water partition coefficient (Wildman–Crippen LogP) is 3.48. The van der Waals surface area contributed by atoms with Crippen molar-refractivity contribution in [3.05, 3.63) is 36.0 Å². The van der Waals surface area contributed by atoms with Gasteiger partial charge in [0.05, 0.1) is 0 Å². The monoisotopic (exact) mass is 315 g/mol. The molecule has 0 atom stereocenters. The Morgan fingerprint density at radius 3 is 2.61 bits per heavy atom. The van der Waals surface area contributed by atoms with Crippen LogP contribution in [-0.4, -0.2) is 16.0 Å². The lowest BCUT2D eigenvalue weighted by Gasteiger charge is -2.22. The summed E-state index contributed by atoms with van der Waals surface area (Å²) in [4.78, 5) is 16.4. The van der Waals surface area contributed by atoms with Crippen molar-refractivity contribution >= 4 is 11.6 Å². The smallest absolute Gasteiger partial charge is 0.230 e. The zero-order chi connectivity index (χ0) is 16.3. The van der Waals surface area contributed by atoms with Crippen LogP contribution in [0.25, 0.3) is 0 Å². The first-order valence-corrected chi connectivity index (χ1v) is 7.89. The van der Waals surface area contributed by atoms with Gasteiger partial charge in [-0.1, -0.05) is 24.9 Å². The third-order valence-electron chi connectivity index (χ3n) is 4.31. The highest BCUT2D eigenvalue weighted by Gasteiger charge is 2.36. The number of aromatic nitrogens is 2. The summed E-state index contributed by atoms with van der Waals surface area (Å²) < 4.78 is 10.5. The zero-order valence-electron chi connectivity index (χ0n) is 13.5. The van der Waals surface area contributed by atoms with Crippen molar-refractivity contribution in [3.8, 4) is 5.75 Å². The summed E-state index contributed by atoms with van der Waals surface area (Å²) in [7, 11) is 0. The van der Waals surface area contributed by atoms with Crippen LogP contribution in [0, 0.1) is 12.3 Å². The molecule has 1 heterocycles. The van der Waals surface area contributed by atoms with E-state index >= 15 is 0 Å². The molecule has 1 amide bonds. The Morgan fingerprint density at radius 1 is 1.30 bits per heavy atom. The van der Waals surface area contributed by atoms with Crippen LogP contribution in [0.2, 0.25) is 0 Å². The van der Waals surface area contributed by atoms with Gasteiger partial charge in [0.25, 0.3) is 0 Å². The molecule has 23 heavy (non-hydrogen) atoms. The number of benzene rings is 1. The molecule has 6 heteroatoms. The molecule has 0 bridgehead atoms. The molecule has 0 unspecified atom stereocenters. The van der Waals surface area contributed by atoms with E-state index in [4.69, 9.17) is 9.26 Å². The Kier molecular flexibility index (Phi) is 4.32. The van der Waals surface area contributed by atoms with Crippen LogP contribution in [0.4, 0.5) is 5.69 Å². The molecule has 1 aromatic heterocycles. The number of carbonyl (C=O) groups is 1. The van der Waals surface area contributed by atoms with Crippen LogP contribution in [0.1, 0.15) is 44.3 Å². The number of carbonyl (C=O) groups excluding carboxylic acids is 1. The molecule has 0 radical (unpaired) electrons. The van der Waals surface area contributed by atoms with Crippen molar-refractivity contribution in [2.24, 2.45) is 5.41 Å². The van der Waals surface area contributed by atoms with E-state index < -0.39 is 0 Å². The quantitative estimate of drug-likeness (QED) is 0.914. The summed E-state index contributed by atoms with van der Waals surface area (Å²) in [6, 6.07) is 7.32. The molecular weight excluding hydrogens is 294 g/mol. The van der Waals surface area contributed by atoms with Gasteiger partial charge in [-0.15, -0.1) is 0 Å². The van der Waals surface area contributed by atoms with Crippen LogP contribution in [-0.2, 0) is 11.4 Å². The highest BCUT2D eigenvalue weighted by Crippen LogP contribution is 2.38. The molecule has 0 spiro atoms. The van der Waals surface area contributed by atoms with Gasteiger partial charge in [-0.2, -0.15) is 4.98 Å². The number of hydrogen-bond donors (Lipinski definition) is 1. The van der Waals surface area contributed by atoms with Crippen LogP contribution >= 0.6 is 0 Å². The predicted molar refractivity (Wildman–Crippen MR) is 85.0 cm³/mol. The second-order valence-corrected chi connectivity index (χ2v) is 6.26. The fraction of sp³-hybridized carbons (Fsp3) is 0.471. The molecule has 6 nitrogen and oxygen atoms in total. The largest absolute Gasteiger partial charge is 0.485 e. The van der Waals surface area contributed by atoms with E-state index in [-0.39, 0.29) is 17.9 Å². The minimum Gasteiger partial charge on any atom is -0.485 e. The number of hydrogen-bond acceptors (Lipinski definition) is 5. The van der Waals surface area contributed by atoms with Gasteiger partial charge in [0.15, 0.2) is 6.61 Å². The first kappa shape index (κ1) is 15.5. The van der Waals surface area contributed by atoms with Gasteiger partial charge in [-0.3, -0.25) is 4.79 Å². The Bertz CT molecular complexity index is 673. The Balaban J connectivity index is 1.55. The molecule has 1 aromatic carbocycles. The Morgan fingerprint density at radius 2 is 2.00 bits per heavy atom. The van der Waals surface area contributed by atoms with E-state index in [9.17, 15) is 4.79 Å². The molecule has 2 aromatic rings. The number of anilines is 1. The van der Waals surface area contributed by atoms with Gasteiger partial charge in [-0.25, -0.2) is 0 Å². The lowest BCUT2D eigenvalue weighted by molar-refractivity contribution is -0.124. The maximum Gasteiger partial charge on any atom is 0.230 e. The summed E-state index contributed by atoms with van der Waals surface area (Å²) in [6.45, 7) is 4.03. The van der Waals surface area contributed by atoms with Gasteiger partial charge >= 0.3 is 0 Å². The van der Waals surface area contributed by atoms with Crippen molar-refractivity contribution in [2.45, 2.75) is 46.1 Å². The van der Waals surface area contributed by atoms with Crippen molar-refractivity contribution < 1.29 is 14.1 Å². The summed E-state index contributed by atoms with van der Waals surface area (Å²) in [5, 5.41) is 6.77. The highest BCUT2D eigenvalue weighted by atomic mass is 16.5. The average Bonchev–Trinajstić information content (AvgIpc) is 3.16. The molecule has 3 rings (SSSR count). The Hall–Kier alpha value is -2.37. The molecule has 1 aliphatic rings. The third kappa shape index (κ3) is 3.70. The molecule has 1 saturated carbocycles. The maximum absolute atomic E-state index is 12.4. The third-order valence-corrected chi connectivity index (χ3v) is 4.31. The van der Waals surface area contributed by atoms with Crippen molar-refractivity contribution in [1.29, 1.82) is 0 Å². The van der Waals surface area contributed by atoms with Crippen LogP contribution in [0.15, 0.2) is 28.8 Å². The van der Waals surface area contributed by atoms with Gasteiger partial charge in [-0.05, 0) is 37.1 Å². The van der Waals surface area contributed by atoms with E-state index in [2.05, 4.69) is 15.5 Å². The summed E-state index contributed by atoms with van der Waals surface area (Å²) in [5.41, 5.74) is 0.553. The van der Waals surface area contributed by atoms with Gasteiger partial charge in [0, 0.05) is 18.0 Å². The second-order valence-electron chi connectivity index (χ2n) is 6.26. The van der Waals surface area contributed by atoms with E-state index in [0.29, 0.717) is 17.5 Å². The molecule has 0 saturated heterocycles. The summed E-state index contributed by atoms with van der Waals surface area (Å²) in [5.74, 6) is 1.82. The number of rotatable bonds is 5. The molecule has 1 aliphatic carbocycles. The summed E-state index contributed by atoms with van der Waals surface area (Å²) >= 11 is 0. The number of ether oxygens (including phenoxy) is 1. The minimum atomic E-state index is -0.231. The Labute approximate surface area is 135 Å². The average molecular weight is 315 g/mol. The van der Waals surface area contributed by atoms with Crippen molar-refractivity contribution in [1.82, 2.24) is 10.1 Å². The fourth-order valence-electron chi connectivity index (χ4n) is 2.85. The molecule has 122 valence electrons. The standard InChI is InChI=1S/C17H21N3O3/c1-12-18-15(20-23-12)11-22-14-7-5-13(6-8-14)19-16(21)17(2)9-3-4-10-17/h5-8H,3-4,9-11H2,1-2H3,(H,19,21). The molecule has 0 aliphatic heterocycles. The van der Waals surface area contributed by atoms with E-state index in [1.54, 1.807) is 6.92 Å². The first-order valence-electron chi connectivity index (χ1n) is 7.89. The molecular formula is C17H21N3O3. The number of nitrogens with zero attached hydrogens (tertiary/aromatic N) is 2. The minimum absolute atomic E-state index is 0.103. The SMILES string of the molecule is Cc1nc(COc2ccc(NC(=O)C3(C)CCCC3)cc2)no1. The van der Waals surface area contributed by atoms with Gasteiger partial charge in [0.2, 0.25) is 17.6 Å². The lowest BCUT2D eigenvalue weighted by atomic mass is 9.88. The lowest BCUT2D eigenvalue weighted by Crippen LogP contribution is -2.30. The van der Waals surface area contributed by atoms with Crippen molar-refractivity contribution in [3.63, 3.8) is 0 Å². The number of aryl methyl sites for hydroxylation is 1. The number of amides is 1. The maximum atomic E-state index is 12.4. The normalized spacial score (nSPS) is 16.3. The van der Waals surface area contributed by atoms with Crippen LogP contribution in [0.3, 0.4) is 0 Å². The topological polar surface area (TPSA) is 77.2 Å². The van der Waals surface area contributed by atoms with E-state index in [1.165, 1.54) is 0 Å². The summed E-state index contributed by atoms with van der Waals surface area (Å²) in [6.07, 6.45) is 4.19. The first-order chi connectivity index (χ1) is 11.0. The van der Waals surface area contributed by atoms with Crippen LogP contribution < -0.4 is 10.1 Å². The fourth-order valence-corrected chi connectivity index (χ4v) is 2.85. The zero-order valence-corrected chi connectivity index (χ0v) is 13.5. The van der Waals surface area contributed by atoms with E-state index in [0.717, 1.165) is 31.4 Å². The molecule has 1 N–H and O–H groups in total. The van der Waals surface area contributed by atoms with Gasteiger partial charge in [0.1, 0.15) is 5.75 Å².